The molecule has 1 rings (SSSR count). The molecule has 0 fully saturated rings. The van der Waals surface area contributed by atoms with Crippen molar-refractivity contribution in [2.75, 3.05) is 7.11 Å². The lowest BCUT2D eigenvalue weighted by molar-refractivity contribution is 0.116. The molecule has 2 nitrogen and oxygen atoms in total. The zero-order chi connectivity index (χ0) is 8.27. The predicted octanol–water partition coefficient (Wildman–Crippen LogP) is 2.39. The standard InChI is InChI=1S/C8H10INO/c1-6(11-2)8-4-3-7(9)5-10-8/h3-6H,1-2H3. The van der Waals surface area contributed by atoms with E-state index in [1.807, 2.05) is 25.3 Å². The Bertz CT molecular complexity index is 222. The summed E-state index contributed by atoms with van der Waals surface area (Å²) < 4.78 is 6.26. The number of halogens is 1. The molecular formula is C8H10INO. The van der Waals surface area contributed by atoms with Gasteiger partial charge in [0.25, 0.3) is 0 Å². The molecule has 0 saturated carbocycles. The van der Waals surface area contributed by atoms with E-state index in [-0.39, 0.29) is 6.10 Å². The third-order valence-electron chi connectivity index (χ3n) is 1.52. The zero-order valence-corrected chi connectivity index (χ0v) is 8.70. The van der Waals surface area contributed by atoms with Gasteiger partial charge in [-0.2, -0.15) is 0 Å². The monoisotopic (exact) mass is 263 g/mol. The van der Waals surface area contributed by atoms with E-state index >= 15 is 0 Å². The first-order chi connectivity index (χ1) is 5.24. The minimum absolute atomic E-state index is 0.0898. The van der Waals surface area contributed by atoms with Crippen LogP contribution in [0.4, 0.5) is 0 Å². The molecule has 1 heterocycles. The summed E-state index contributed by atoms with van der Waals surface area (Å²) in [5, 5.41) is 0. The summed E-state index contributed by atoms with van der Waals surface area (Å²) in [5.74, 6) is 0. The molecule has 1 atom stereocenters. The number of ether oxygens (including phenoxy) is 1. The van der Waals surface area contributed by atoms with Gasteiger partial charge in [-0.25, -0.2) is 0 Å². The number of nitrogens with zero attached hydrogens (tertiary/aromatic N) is 1. The molecule has 0 bridgehead atoms. The fourth-order valence-corrected chi connectivity index (χ4v) is 1.07. The molecule has 3 heteroatoms. The quantitative estimate of drug-likeness (QED) is 0.764. The van der Waals surface area contributed by atoms with Gasteiger partial charge in [0.1, 0.15) is 0 Å². The van der Waals surface area contributed by atoms with Crippen LogP contribution in [0.5, 0.6) is 0 Å². The summed E-state index contributed by atoms with van der Waals surface area (Å²) in [5.41, 5.74) is 0.980. The summed E-state index contributed by atoms with van der Waals surface area (Å²) in [7, 11) is 1.68. The molecule has 0 saturated heterocycles. The highest BCUT2D eigenvalue weighted by molar-refractivity contribution is 14.1. The minimum atomic E-state index is 0.0898. The lowest BCUT2D eigenvalue weighted by Gasteiger charge is -2.07. The Hall–Kier alpha value is -0.160. The Morgan fingerprint density at radius 3 is 2.73 bits per heavy atom. The third kappa shape index (κ3) is 2.41. The second-order valence-corrected chi connectivity index (χ2v) is 3.52. The van der Waals surface area contributed by atoms with Crippen molar-refractivity contribution >= 4 is 22.6 Å². The zero-order valence-electron chi connectivity index (χ0n) is 6.54. The molecule has 0 aliphatic carbocycles. The maximum absolute atomic E-state index is 5.11. The second kappa shape index (κ2) is 4.01. The van der Waals surface area contributed by atoms with Gasteiger partial charge >= 0.3 is 0 Å². The Morgan fingerprint density at radius 2 is 2.27 bits per heavy atom. The van der Waals surface area contributed by atoms with Gasteiger partial charge in [-0.15, -0.1) is 0 Å². The summed E-state index contributed by atoms with van der Waals surface area (Å²) in [4.78, 5) is 4.22. The number of pyridine rings is 1. The van der Waals surface area contributed by atoms with Crippen LogP contribution >= 0.6 is 22.6 Å². The van der Waals surface area contributed by atoms with Crippen LogP contribution in [0.15, 0.2) is 18.3 Å². The fraction of sp³-hybridized carbons (Fsp3) is 0.375. The van der Waals surface area contributed by atoms with Crippen molar-refractivity contribution in [3.8, 4) is 0 Å². The van der Waals surface area contributed by atoms with Crippen molar-refractivity contribution in [3.05, 3.63) is 27.6 Å². The number of rotatable bonds is 2. The minimum Gasteiger partial charge on any atom is -0.375 e. The molecule has 60 valence electrons. The molecular weight excluding hydrogens is 253 g/mol. The normalized spacial score (nSPS) is 13.0. The Labute approximate surface area is 80.1 Å². The molecule has 0 spiro atoms. The summed E-state index contributed by atoms with van der Waals surface area (Å²) >= 11 is 2.23. The molecule has 0 aromatic carbocycles. The van der Waals surface area contributed by atoms with Crippen LogP contribution in [0.3, 0.4) is 0 Å². The molecule has 1 unspecified atom stereocenters. The van der Waals surface area contributed by atoms with E-state index in [9.17, 15) is 0 Å². The lowest BCUT2D eigenvalue weighted by atomic mass is 10.2. The summed E-state index contributed by atoms with van der Waals surface area (Å²) in [6.07, 6.45) is 1.93. The van der Waals surface area contributed by atoms with E-state index in [1.54, 1.807) is 7.11 Å². The number of aromatic nitrogens is 1. The summed E-state index contributed by atoms with van der Waals surface area (Å²) in [6, 6.07) is 4.01. The number of methoxy groups -OCH3 is 1. The maximum atomic E-state index is 5.11. The van der Waals surface area contributed by atoms with Crippen molar-refractivity contribution in [2.24, 2.45) is 0 Å². The van der Waals surface area contributed by atoms with Crippen LogP contribution in [0.2, 0.25) is 0 Å². The van der Waals surface area contributed by atoms with E-state index in [4.69, 9.17) is 4.74 Å². The van der Waals surface area contributed by atoms with Crippen LogP contribution in [0, 0.1) is 3.57 Å². The molecule has 0 N–H and O–H groups in total. The summed E-state index contributed by atoms with van der Waals surface area (Å²) in [6.45, 7) is 1.98. The molecule has 0 radical (unpaired) electrons. The van der Waals surface area contributed by atoms with E-state index in [2.05, 4.69) is 27.6 Å². The van der Waals surface area contributed by atoms with Gasteiger partial charge in [-0.3, -0.25) is 4.98 Å². The predicted molar refractivity (Wildman–Crippen MR) is 52.4 cm³/mol. The van der Waals surface area contributed by atoms with Crippen LogP contribution in [0.1, 0.15) is 18.7 Å². The highest BCUT2D eigenvalue weighted by Gasteiger charge is 2.02. The van der Waals surface area contributed by atoms with Crippen molar-refractivity contribution in [3.63, 3.8) is 0 Å². The van der Waals surface area contributed by atoms with E-state index in [0.717, 1.165) is 9.26 Å². The van der Waals surface area contributed by atoms with Crippen LogP contribution in [-0.4, -0.2) is 12.1 Å². The molecule has 0 aliphatic heterocycles. The Balaban J connectivity index is 2.81. The fourth-order valence-electron chi connectivity index (χ4n) is 0.748. The van der Waals surface area contributed by atoms with Gasteiger partial charge in [0.2, 0.25) is 0 Å². The Kier molecular flexibility index (Phi) is 3.26. The highest BCUT2D eigenvalue weighted by atomic mass is 127. The topological polar surface area (TPSA) is 22.1 Å². The first-order valence-electron chi connectivity index (χ1n) is 3.38. The van der Waals surface area contributed by atoms with Crippen molar-refractivity contribution in [1.82, 2.24) is 4.98 Å². The maximum Gasteiger partial charge on any atom is 0.0962 e. The number of hydrogen-bond donors (Lipinski definition) is 0. The molecule has 0 amide bonds. The molecule has 11 heavy (non-hydrogen) atoms. The van der Waals surface area contributed by atoms with E-state index < -0.39 is 0 Å². The van der Waals surface area contributed by atoms with Gasteiger partial charge in [0.15, 0.2) is 0 Å². The van der Waals surface area contributed by atoms with Crippen LogP contribution in [0.25, 0.3) is 0 Å². The highest BCUT2D eigenvalue weighted by Crippen LogP contribution is 2.13. The van der Waals surface area contributed by atoms with Crippen LogP contribution in [-0.2, 0) is 4.74 Å². The van der Waals surface area contributed by atoms with E-state index in [1.165, 1.54) is 0 Å². The van der Waals surface area contributed by atoms with E-state index in [0.29, 0.717) is 0 Å². The molecule has 1 aromatic heterocycles. The van der Waals surface area contributed by atoms with Gasteiger partial charge in [-0.05, 0) is 41.6 Å². The van der Waals surface area contributed by atoms with Gasteiger partial charge in [0.05, 0.1) is 11.8 Å². The average molecular weight is 263 g/mol. The lowest BCUT2D eigenvalue weighted by Crippen LogP contribution is -1.98. The Morgan fingerprint density at radius 1 is 1.55 bits per heavy atom. The second-order valence-electron chi connectivity index (χ2n) is 2.28. The smallest absolute Gasteiger partial charge is 0.0962 e. The molecule has 1 aromatic rings. The van der Waals surface area contributed by atoms with Crippen molar-refractivity contribution in [2.45, 2.75) is 13.0 Å². The van der Waals surface area contributed by atoms with Gasteiger partial charge < -0.3 is 4.74 Å². The molecule has 0 aliphatic rings. The van der Waals surface area contributed by atoms with Crippen LogP contribution < -0.4 is 0 Å². The van der Waals surface area contributed by atoms with Gasteiger partial charge in [0, 0.05) is 16.9 Å². The first kappa shape index (κ1) is 8.93. The van der Waals surface area contributed by atoms with Crippen molar-refractivity contribution < 1.29 is 4.74 Å². The largest absolute Gasteiger partial charge is 0.375 e. The first-order valence-corrected chi connectivity index (χ1v) is 4.46. The average Bonchev–Trinajstić information content (AvgIpc) is 2.05. The third-order valence-corrected chi connectivity index (χ3v) is 2.16. The SMILES string of the molecule is COC(C)c1ccc(I)cn1. The van der Waals surface area contributed by atoms with Crippen molar-refractivity contribution in [1.29, 1.82) is 0 Å². The van der Waals surface area contributed by atoms with Gasteiger partial charge in [-0.1, -0.05) is 0 Å². The number of hydrogen-bond acceptors (Lipinski definition) is 2.